The van der Waals surface area contributed by atoms with Crippen molar-refractivity contribution in [3.8, 4) is 0 Å². The van der Waals surface area contributed by atoms with E-state index in [1.807, 2.05) is 6.92 Å². The summed E-state index contributed by atoms with van der Waals surface area (Å²) in [5.41, 5.74) is 0.983. The van der Waals surface area contributed by atoms with Crippen molar-refractivity contribution in [1.29, 1.82) is 0 Å². The van der Waals surface area contributed by atoms with Gasteiger partial charge in [-0.05, 0) is 19.1 Å². The second-order valence-corrected chi connectivity index (χ2v) is 5.78. The van der Waals surface area contributed by atoms with E-state index in [4.69, 9.17) is 0 Å². The number of sulfone groups is 1. The molecule has 0 saturated heterocycles. The minimum atomic E-state index is -3.38. The van der Waals surface area contributed by atoms with Crippen LogP contribution < -0.4 is 34.8 Å². The number of rotatable bonds is 7. The first-order chi connectivity index (χ1) is 8.06. The van der Waals surface area contributed by atoms with Crippen molar-refractivity contribution in [3.05, 3.63) is 29.8 Å². The summed E-state index contributed by atoms with van der Waals surface area (Å²) in [5, 5.41) is 12.4. The van der Waals surface area contributed by atoms with E-state index >= 15 is 0 Å². The molecule has 96 valence electrons. The molecule has 0 N–H and O–H groups in total. The Morgan fingerprint density at radius 2 is 1.89 bits per heavy atom. The Balaban J connectivity index is 0.00000289. The second-order valence-electron chi connectivity index (χ2n) is 3.16. The van der Waals surface area contributed by atoms with Crippen LogP contribution in [0.25, 0.3) is 0 Å². The topological polar surface area (TPSA) is 84.9 Å². The minimum absolute atomic E-state index is 0. The summed E-state index contributed by atoms with van der Waals surface area (Å²) in [7, 11) is -3.38. The zero-order valence-electron chi connectivity index (χ0n) is 9.99. The van der Waals surface area contributed by atoms with E-state index in [9.17, 15) is 13.7 Å². The van der Waals surface area contributed by atoms with Crippen LogP contribution in [0.2, 0.25) is 0 Å². The van der Waals surface area contributed by atoms with E-state index in [2.05, 4.69) is 13.6 Å². The molecule has 1 rings (SSSR count). The minimum Gasteiger partial charge on any atom is -0.691 e. The molecule has 0 heterocycles. The van der Waals surface area contributed by atoms with Crippen molar-refractivity contribution >= 4 is 22.2 Å². The molecule has 18 heavy (non-hydrogen) atoms. The van der Waals surface area contributed by atoms with E-state index in [0.717, 1.165) is 5.56 Å². The normalized spacial score (nSPS) is 11.0. The van der Waals surface area contributed by atoms with Crippen LogP contribution in [0, 0.1) is 6.92 Å². The standard InChI is InChI=1S/C9H12O6S2.Na/c1-8-2-4-9(5-3-8)17(11,12)7-6-13-16-15-14-10;/h2-5,10H,6-7H2,1H3;/q;+1/p-1. The fraction of sp³-hybridized carbons (Fsp3) is 0.333. The van der Waals surface area contributed by atoms with Gasteiger partial charge < -0.3 is 5.26 Å². The summed E-state index contributed by atoms with van der Waals surface area (Å²) >= 11 is 0.292. The Labute approximate surface area is 132 Å². The summed E-state index contributed by atoms with van der Waals surface area (Å²) in [6, 6.07) is 6.51. The molecular weight excluding hydrogens is 291 g/mol. The van der Waals surface area contributed by atoms with Gasteiger partial charge in [-0.3, -0.25) is 9.22 Å². The predicted molar refractivity (Wildman–Crippen MR) is 58.9 cm³/mol. The van der Waals surface area contributed by atoms with Crippen LogP contribution in [0.15, 0.2) is 29.2 Å². The molecule has 0 atom stereocenters. The predicted octanol–water partition coefficient (Wildman–Crippen LogP) is -2.42. The molecule has 1 aromatic carbocycles. The van der Waals surface area contributed by atoms with Crippen LogP contribution in [-0.4, -0.2) is 20.8 Å². The van der Waals surface area contributed by atoms with Gasteiger partial charge in [-0.2, -0.15) is 0 Å². The number of aryl methyl sites for hydroxylation is 1. The van der Waals surface area contributed by atoms with Crippen molar-refractivity contribution < 1.29 is 56.8 Å². The van der Waals surface area contributed by atoms with Crippen molar-refractivity contribution in [1.82, 2.24) is 0 Å². The van der Waals surface area contributed by atoms with E-state index in [0.29, 0.717) is 12.3 Å². The van der Waals surface area contributed by atoms with Crippen LogP contribution >= 0.6 is 12.3 Å². The Hall–Kier alpha value is 0.360. The van der Waals surface area contributed by atoms with Crippen molar-refractivity contribution in [2.75, 3.05) is 12.4 Å². The SMILES string of the molecule is Cc1ccc(S(=O)(=O)CCOSOO[O-])cc1.[Na+]. The van der Waals surface area contributed by atoms with Crippen LogP contribution in [0.1, 0.15) is 5.56 Å². The van der Waals surface area contributed by atoms with Gasteiger partial charge in [-0.15, -0.1) is 4.33 Å². The first-order valence-corrected chi connectivity index (χ1v) is 6.92. The zero-order chi connectivity index (χ0) is 12.7. The molecule has 9 heteroatoms. The summed E-state index contributed by atoms with van der Waals surface area (Å²) in [5.74, 6) is -0.203. The van der Waals surface area contributed by atoms with Crippen molar-refractivity contribution in [3.63, 3.8) is 0 Å². The van der Waals surface area contributed by atoms with Gasteiger partial charge in [0.05, 0.1) is 17.3 Å². The van der Waals surface area contributed by atoms with Gasteiger partial charge in [0.25, 0.3) is 0 Å². The van der Waals surface area contributed by atoms with E-state index in [1.165, 1.54) is 12.1 Å². The summed E-state index contributed by atoms with van der Waals surface area (Å²) in [6.07, 6.45) is 0. The summed E-state index contributed by atoms with van der Waals surface area (Å²) in [4.78, 5) is 0.234. The zero-order valence-corrected chi connectivity index (χ0v) is 13.6. The fourth-order valence-electron chi connectivity index (χ4n) is 1.07. The summed E-state index contributed by atoms with van der Waals surface area (Å²) < 4.78 is 32.0. The van der Waals surface area contributed by atoms with Crippen LogP contribution in [0.4, 0.5) is 0 Å². The van der Waals surface area contributed by atoms with Crippen molar-refractivity contribution in [2.24, 2.45) is 0 Å². The molecule has 0 aliphatic heterocycles. The Bertz CT molecular complexity index is 433. The third-order valence-corrected chi connectivity index (χ3v) is 3.99. The first-order valence-electron chi connectivity index (χ1n) is 4.60. The molecule has 0 saturated carbocycles. The summed E-state index contributed by atoms with van der Waals surface area (Å²) in [6.45, 7) is 1.76. The Morgan fingerprint density at radius 1 is 1.28 bits per heavy atom. The van der Waals surface area contributed by atoms with Gasteiger partial charge in [-0.25, -0.2) is 8.42 Å². The number of hydrogen-bond acceptors (Lipinski definition) is 7. The molecule has 0 amide bonds. The van der Waals surface area contributed by atoms with Gasteiger partial charge >= 0.3 is 29.6 Å². The van der Waals surface area contributed by atoms with Gasteiger partial charge in [0, 0.05) is 0 Å². The molecular formula is C9H11NaO6S2. The molecule has 1 aromatic rings. The largest absolute Gasteiger partial charge is 1.00 e. The van der Waals surface area contributed by atoms with Crippen LogP contribution in [-0.2, 0) is 23.4 Å². The Morgan fingerprint density at radius 3 is 2.44 bits per heavy atom. The average molecular weight is 302 g/mol. The third kappa shape index (κ3) is 6.50. The molecule has 0 bridgehead atoms. The average Bonchev–Trinajstić information content (AvgIpc) is 2.29. The molecule has 0 spiro atoms. The number of hydrogen-bond donors (Lipinski definition) is 0. The third-order valence-electron chi connectivity index (χ3n) is 1.92. The Kier molecular flexibility index (Phi) is 9.48. The maximum absolute atomic E-state index is 11.8. The smallest absolute Gasteiger partial charge is 0.691 e. The van der Waals surface area contributed by atoms with E-state index < -0.39 is 9.84 Å². The van der Waals surface area contributed by atoms with Gasteiger partial charge in [0.2, 0.25) is 0 Å². The molecule has 0 radical (unpaired) electrons. The molecule has 0 fully saturated rings. The molecule has 6 nitrogen and oxygen atoms in total. The molecule has 0 aliphatic rings. The van der Waals surface area contributed by atoms with Crippen LogP contribution in [0.3, 0.4) is 0 Å². The van der Waals surface area contributed by atoms with Crippen molar-refractivity contribution in [2.45, 2.75) is 11.8 Å². The molecule has 0 unspecified atom stereocenters. The monoisotopic (exact) mass is 302 g/mol. The number of benzene rings is 1. The van der Waals surface area contributed by atoms with Crippen LogP contribution in [0.5, 0.6) is 0 Å². The quantitative estimate of drug-likeness (QED) is 0.182. The fourth-order valence-corrected chi connectivity index (χ4v) is 2.48. The second kappa shape index (κ2) is 9.29. The van der Waals surface area contributed by atoms with E-state index in [1.54, 1.807) is 12.1 Å². The first kappa shape index (κ1) is 18.4. The van der Waals surface area contributed by atoms with E-state index in [-0.39, 0.29) is 46.8 Å². The van der Waals surface area contributed by atoms with Gasteiger partial charge in [0.1, 0.15) is 0 Å². The van der Waals surface area contributed by atoms with Gasteiger partial charge in [-0.1, -0.05) is 17.7 Å². The molecule has 0 aliphatic carbocycles. The maximum Gasteiger partial charge on any atom is 1.00 e. The maximum atomic E-state index is 11.8. The van der Waals surface area contributed by atoms with Gasteiger partial charge in [0.15, 0.2) is 22.2 Å². The molecule has 0 aromatic heterocycles.